The summed E-state index contributed by atoms with van der Waals surface area (Å²) >= 11 is 1.95. The maximum absolute atomic E-state index is 7.48. The zero-order valence-corrected chi connectivity index (χ0v) is 20.3. The van der Waals surface area contributed by atoms with E-state index in [0.29, 0.717) is 17.1 Å². The number of allylic oxidation sites excluding steroid dienone is 6. The summed E-state index contributed by atoms with van der Waals surface area (Å²) in [6.07, 6.45) is 21.1. The molecule has 0 aromatic heterocycles. The van der Waals surface area contributed by atoms with Gasteiger partial charge in [-0.15, -0.1) is 0 Å². The Morgan fingerprint density at radius 3 is 2.77 bits per heavy atom. The highest BCUT2D eigenvalue weighted by Crippen LogP contribution is 2.26. The van der Waals surface area contributed by atoms with Gasteiger partial charge >= 0.3 is 0 Å². The van der Waals surface area contributed by atoms with Crippen LogP contribution in [-0.4, -0.2) is 48.0 Å². The quantitative estimate of drug-likeness (QED) is 0.290. The summed E-state index contributed by atoms with van der Waals surface area (Å²) in [5.74, 6) is 3.15. The fourth-order valence-electron chi connectivity index (χ4n) is 3.84. The molecule has 1 fully saturated rings. The molecule has 2 aliphatic rings. The number of likely N-dealkylation sites (tertiary alicyclic amines) is 1. The maximum Gasteiger partial charge on any atom is 0.0972 e. The van der Waals surface area contributed by atoms with Crippen molar-refractivity contribution >= 4 is 24.2 Å². The van der Waals surface area contributed by atoms with Gasteiger partial charge in [0.2, 0.25) is 0 Å². The molecule has 4 nitrogen and oxygen atoms in total. The first-order valence-electron chi connectivity index (χ1n) is 11.5. The highest BCUT2D eigenvalue weighted by Gasteiger charge is 2.22. The predicted octanol–water partition coefficient (Wildman–Crippen LogP) is 5.97. The van der Waals surface area contributed by atoms with E-state index < -0.39 is 0 Å². The summed E-state index contributed by atoms with van der Waals surface area (Å²) in [5.41, 5.74) is 2.13. The van der Waals surface area contributed by atoms with Crippen molar-refractivity contribution < 1.29 is 0 Å². The van der Waals surface area contributed by atoms with E-state index in [2.05, 4.69) is 59.1 Å². The average Bonchev–Trinajstić information content (AvgIpc) is 3.30. The monoisotopic (exact) mass is 440 g/mol. The molecule has 0 aromatic rings. The van der Waals surface area contributed by atoms with Gasteiger partial charge in [0.25, 0.3) is 0 Å². The van der Waals surface area contributed by atoms with Crippen LogP contribution in [0.5, 0.6) is 0 Å². The highest BCUT2D eigenvalue weighted by molar-refractivity contribution is 8.00. The van der Waals surface area contributed by atoms with Crippen LogP contribution >= 0.6 is 11.8 Å². The zero-order valence-electron chi connectivity index (χ0n) is 19.5. The second-order valence-electron chi connectivity index (χ2n) is 8.41. The van der Waals surface area contributed by atoms with Crippen molar-refractivity contribution in [1.29, 1.82) is 5.41 Å². The van der Waals surface area contributed by atoms with Crippen molar-refractivity contribution in [3.8, 4) is 0 Å². The Hall–Kier alpha value is -2.01. The Balaban J connectivity index is 2.02. The molecular formula is C26H40N4S. The van der Waals surface area contributed by atoms with Crippen LogP contribution in [0.25, 0.3) is 0 Å². The van der Waals surface area contributed by atoms with E-state index in [9.17, 15) is 0 Å². The molecule has 3 unspecified atom stereocenters. The molecule has 31 heavy (non-hydrogen) atoms. The van der Waals surface area contributed by atoms with Crippen molar-refractivity contribution in [2.24, 2.45) is 16.8 Å². The molecule has 1 saturated heterocycles. The Labute approximate surface area is 193 Å². The summed E-state index contributed by atoms with van der Waals surface area (Å²) in [6.45, 7) is 13.5. The first-order valence-corrected chi connectivity index (χ1v) is 12.6. The lowest BCUT2D eigenvalue weighted by molar-refractivity contribution is 0.363. The van der Waals surface area contributed by atoms with Gasteiger partial charge in [-0.1, -0.05) is 37.0 Å². The minimum atomic E-state index is 0.388. The van der Waals surface area contributed by atoms with Gasteiger partial charge in [0, 0.05) is 48.5 Å². The van der Waals surface area contributed by atoms with Crippen molar-refractivity contribution in [1.82, 2.24) is 10.2 Å². The fourth-order valence-corrected chi connectivity index (χ4v) is 4.89. The van der Waals surface area contributed by atoms with E-state index in [1.807, 2.05) is 37.9 Å². The van der Waals surface area contributed by atoms with Crippen molar-refractivity contribution in [2.75, 3.05) is 25.4 Å². The minimum Gasteiger partial charge on any atom is -0.371 e. The summed E-state index contributed by atoms with van der Waals surface area (Å²) in [6, 6.07) is 0. The topological polar surface area (TPSA) is 51.5 Å². The number of nitrogens with one attached hydrogen (secondary N) is 2. The van der Waals surface area contributed by atoms with Crippen LogP contribution in [0.2, 0.25) is 0 Å². The summed E-state index contributed by atoms with van der Waals surface area (Å²) in [4.78, 5) is 7.00. The SMILES string of the molecule is C=C(C)/N=C\C(=C/C(C)SCC(/C=C\C=C/C)CC=N)C1CC=C(N2CCCC2)NC1. The predicted molar refractivity (Wildman–Crippen MR) is 139 cm³/mol. The van der Waals surface area contributed by atoms with Crippen LogP contribution in [0.1, 0.15) is 46.5 Å². The lowest BCUT2D eigenvalue weighted by Gasteiger charge is -2.30. The molecule has 3 atom stereocenters. The number of hydrogen-bond donors (Lipinski definition) is 2. The van der Waals surface area contributed by atoms with E-state index in [1.54, 1.807) is 0 Å². The summed E-state index contributed by atoms with van der Waals surface area (Å²) in [7, 11) is 0. The zero-order chi connectivity index (χ0) is 22.5. The first-order chi connectivity index (χ1) is 15.0. The largest absolute Gasteiger partial charge is 0.371 e. The molecule has 0 radical (unpaired) electrons. The average molecular weight is 441 g/mol. The summed E-state index contributed by atoms with van der Waals surface area (Å²) in [5, 5.41) is 11.5. The molecule has 2 N–H and O–H groups in total. The minimum absolute atomic E-state index is 0.388. The lowest BCUT2D eigenvalue weighted by Crippen LogP contribution is -2.36. The number of hydrogen-bond acceptors (Lipinski definition) is 5. The molecule has 5 heteroatoms. The van der Waals surface area contributed by atoms with Gasteiger partial charge in [0.1, 0.15) is 0 Å². The molecule has 2 rings (SSSR count). The molecule has 0 spiro atoms. The third-order valence-electron chi connectivity index (χ3n) is 5.59. The van der Waals surface area contributed by atoms with Gasteiger partial charge in [0.05, 0.1) is 5.82 Å². The van der Waals surface area contributed by atoms with E-state index >= 15 is 0 Å². The molecule has 0 bridgehead atoms. The van der Waals surface area contributed by atoms with Crippen LogP contribution < -0.4 is 5.32 Å². The maximum atomic E-state index is 7.48. The third-order valence-corrected chi connectivity index (χ3v) is 6.87. The highest BCUT2D eigenvalue weighted by atomic mass is 32.2. The molecule has 0 amide bonds. The molecule has 2 heterocycles. The van der Waals surface area contributed by atoms with Crippen molar-refractivity contribution in [2.45, 2.75) is 51.7 Å². The van der Waals surface area contributed by atoms with Crippen LogP contribution in [0.15, 0.2) is 65.1 Å². The smallest absolute Gasteiger partial charge is 0.0972 e. The molecule has 170 valence electrons. The van der Waals surface area contributed by atoms with Gasteiger partial charge in [-0.3, -0.25) is 4.99 Å². The van der Waals surface area contributed by atoms with Gasteiger partial charge in [-0.05, 0) is 70.2 Å². The van der Waals surface area contributed by atoms with Crippen molar-refractivity contribution in [3.05, 3.63) is 60.1 Å². The Morgan fingerprint density at radius 2 is 2.16 bits per heavy atom. The van der Waals surface area contributed by atoms with Gasteiger partial charge in [0.15, 0.2) is 0 Å². The Morgan fingerprint density at radius 1 is 1.39 bits per heavy atom. The van der Waals surface area contributed by atoms with Gasteiger partial charge < -0.3 is 15.6 Å². The normalized spacial score (nSPS) is 22.2. The molecule has 0 aromatic carbocycles. The molecular weight excluding hydrogens is 400 g/mol. The molecule has 0 aliphatic carbocycles. The van der Waals surface area contributed by atoms with Crippen LogP contribution in [0.3, 0.4) is 0 Å². The van der Waals surface area contributed by atoms with E-state index in [-0.39, 0.29) is 0 Å². The number of thioether (sulfide) groups is 1. The third kappa shape index (κ3) is 9.34. The standard InChI is InChI=1S/C26H40N4S/c1-5-6-7-10-23(13-14-27)20-31-22(4)17-25(19-28-21(2)3)24-11-12-26(29-18-24)30-15-8-9-16-30/h5-7,10,12,14,17,19,22-24,27,29H,2,8-9,11,13,15-16,18,20H2,1,3-4H3/b6-5-,10-7-,25-17+,27-14?,28-19-. The van der Waals surface area contributed by atoms with E-state index in [1.165, 1.54) is 43.5 Å². The lowest BCUT2D eigenvalue weighted by atomic mass is 9.93. The number of aliphatic imine (C=N–C) groups is 1. The molecule has 2 aliphatic heterocycles. The second-order valence-corrected chi connectivity index (χ2v) is 9.82. The summed E-state index contributed by atoms with van der Waals surface area (Å²) < 4.78 is 0. The Bertz CT molecular complexity index is 726. The number of nitrogens with zero attached hydrogens (tertiary/aromatic N) is 2. The van der Waals surface area contributed by atoms with E-state index in [4.69, 9.17) is 5.41 Å². The fraction of sp³-hybridized carbons (Fsp3) is 0.538. The van der Waals surface area contributed by atoms with Crippen LogP contribution in [-0.2, 0) is 0 Å². The van der Waals surface area contributed by atoms with Crippen molar-refractivity contribution in [3.63, 3.8) is 0 Å². The van der Waals surface area contributed by atoms with Gasteiger partial charge in [-0.2, -0.15) is 11.8 Å². The first kappa shape index (κ1) is 25.3. The van der Waals surface area contributed by atoms with Gasteiger partial charge in [-0.25, -0.2) is 0 Å². The van der Waals surface area contributed by atoms with Crippen LogP contribution in [0, 0.1) is 17.2 Å². The Kier molecular flexibility index (Phi) is 11.5. The van der Waals surface area contributed by atoms with E-state index in [0.717, 1.165) is 30.8 Å². The second kappa shape index (κ2) is 14.1. The number of rotatable bonds is 12. The molecule has 0 saturated carbocycles. The van der Waals surface area contributed by atoms with Crippen LogP contribution in [0.4, 0.5) is 0 Å².